The minimum Gasteiger partial charge on any atom is -0.330 e. The SMILES string of the molecule is NCC(c1cccc(F)c1)C(F)F. The third-order valence-corrected chi connectivity index (χ3v) is 1.83. The Kier molecular flexibility index (Phi) is 3.31. The van der Waals surface area contributed by atoms with Gasteiger partial charge in [-0.1, -0.05) is 12.1 Å². The number of hydrogen-bond acceptors (Lipinski definition) is 1. The maximum Gasteiger partial charge on any atom is 0.246 e. The van der Waals surface area contributed by atoms with Crippen LogP contribution in [0, 0.1) is 5.82 Å². The molecule has 0 radical (unpaired) electrons. The van der Waals surface area contributed by atoms with Crippen LogP contribution < -0.4 is 5.73 Å². The summed E-state index contributed by atoms with van der Waals surface area (Å²) in [6.45, 7) is -0.179. The summed E-state index contributed by atoms with van der Waals surface area (Å²) in [5.74, 6) is -1.59. The minimum atomic E-state index is -2.55. The minimum absolute atomic E-state index is 0.179. The molecule has 0 saturated carbocycles. The lowest BCUT2D eigenvalue weighted by Crippen LogP contribution is -2.19. The third-order valence-electron chi connectivity index (χ3n) is 1.83. The highest BCUT2D eigenvalue weighted by atomic mass is 19.3. The summed E-state index contributed by atoms with van der Waals surface area (Å²) in [4.78, 5) is 0. The molecule has 2 N–H and O–H groups in total. The molecule has 0 aliphatic heterocycles. The van der Waals surface area contributed by atoms with E-state index in [1.54, 1.807) is 0 Å². The van der Waals surface area contributed by atoms with Crippen molar-refractivity contribution in [1.29, 1.82) is 0 Å². The van der Waals surface area contributed by atoms with Crippen molar-refractivity contribution < 1.29 is 13.2 Å². The second kappa shape index (κ2) is 4.28. The molecule has 1 atom stereocenters. The van der Waals surface area contributed by atoms with E-state index in [1.165, 1.54) is 18.2 Å². The van der Waals surface area contributed by atoms with Crippen LogP contribution >= 0.6 is 0 Å². The van der Waals surface area contributed by atoms with Crippen LogP contribution in [0.5, 0.6) is 0 Å². The molecule has 0 bridgehead atoms. The lowest BCUT2D eigenvalue weighted by Gasteiger charge is -2.13. The topological polar surface area (TPSA) is 26.0 Å². The predicted octanol–water partition coefficient (Wildman–Crippen LogP) is 2.13. The van der Waals surface area contributed by atoms with Gasteiger partial charge >= 0.3 is 0 Å². The molecular formula is C9H10F3N. The second-order valence-corrected chi connectivity index (χ2v) is 2.73. The van der Waals surface area contributed by atoms with Gasteiger partial charge in [-0.3, -0.25) is 0 Å². The quantitative estimate of drug-likeness (QED) is 0.774. The molecule has 1 unspecified atom stereocenters. The molecule has 0 heterocycles. The summed E-state index contributed by atoms with van der Waals surface area (Å²) in [5, 5.41) is 0. The summed E-state index contributed by atoms with van der Waals surface area (Å²) in [7, 11) is 0. The van der Waals surface area contributed by atoms with Crippen molar-refractivity contribution in [3.8, 4) is 0 Å². The van der Waals surface area contributed by atoms with Crippen molar-refractivity contribution in [3.05, 3.63) is 35.6 Å². The van der Waals surface area contributed by atoms with E-state index in [-0.39, 0.29) is 12.1 Å². The highest BCUT2D eigenvalue weighted by molar-refractivity contribution is 5.21. The number of hydrogen-bond donors (Lipinski definition) is 1. The van der Waals surface area contributed by atoms with Crippen LogP contribution in [0.3, 0.4) is 0 Å². The molecule has 1 rings (SSSR count). The Morgan fingerprint density at radius 3 is 2.46 bits per heavy atom. The smallest absolute Gasteiger partial charge is 0.246 e. The van der Waals surface area contributed by atoms with Gasteiger partial charge < -0.3 is 5.73 Å². The van der Waals surface area contributed by atoms with Gasteiger partial charge in [0.15, 0.2) is 0 Å². The Morgan fingerprint density at radius 1 is 1.31 bits per heavy atom. The molecule has 4 heteroatoms. The summed E-state index contributed by atoms with van der Waals surface area (Å²) in [5.41, 5.74) is 5.40. The van der Waals surface area contributed by atoms with Crippen LogP contribution in [0.4, 0.5) is 13.2 Å². The number of rotatable bonds is 3. The maximum absolute atomic E-state index is 12.6. The van der Waals surface area contributed by atoms with Crippen molar-refractivity contribution in [2.45, 2.75) is 12.3 Å². The molecule has 0 fully saturated rings. The number of nitrogens with two attached hydrogens (primary N) is 1. The van der Waals surface area contributed by atoms with Gasteiger partial charge in [-0.05, 0) is 17.7 Å². The number of halogens is 3. The van der Waals surface area contributed by atoms with Crippen LogP contribution in [0.2, 0.25) is 0 Å². The summed E-state index contributed by atoms with van der Waals surface area (Å²) in [6, 6.07) is 5.15. The first-order chi connectivity index (χ1) is 6.15. The van der Waals surface area contributed by atoms with Crippen molar-refractivity contribution in [3.63, 3.8) is 0 Å². The largest absolute Gasteiger partial charge is 0.330 e. The monoisotopic (exact) mass is 189 g/mol. The van der Waals surface area contributed by atoms with E-state index in [2.05, 4.69) is 0 Å². The van der Waals surface area contributed by atoms with Crippen molar-refractivity contribution >= 4 is 0 Å². The van der Waals surface area contributed by atoms with Crippen LogP contribution in [0.1, 0.15) is 11.5 Å². The van der Waals surface area contributed by atoms with Crippen LogP contribution in [0.15, 0.2) is 24.3 Å². The maximum atomic E-state index is 12.6. The number of alkyl halides is 2. The molecule has 0 spiro atoms. The molecule has 0 saturated heterocycles. The van der Waals surface area contributed by atoms with Gasteiger partial charge in [0.1, 0.15) is 5.82 Å². The third kappa shape index (κ3) is 2.45. The molecule has 13 heavy (non-hydrogen) atoms. The molecule has 1 nitrogen and oxygen atoms in total. The first-order valence-electron chi connectivity index (χ1n) is 3.89. The van der Waals surface area contributed by atoms with Crippen molar-refractivity contribution in [2.24, 2.45) is 5.73 Å². The highest BCUT2D eigenvalue weighted by Crippen LogP contribution is 2.22. The van der Waals surface area contributed by atoms with Gasteiger partial charge in [0.2, 0.25) is 6.43 Å². The van der Waals surface area contributed by atoms with E-state index in [9.17, 15) is 13.2 Å². The van der Waals surface area contributed by atoms with Gasteiger partial charge in [0.05, 0.1) is 5.92 Å². The van der Waals surface area contributed by atoms with Crippen molar-refractivity contribution in [1.82, 2.24) is 0 Å². The average molecular weight is 189 g/mol. The Bertz CT molecular complexity index is 275. The van der Waals surface area contributed by atoms with Gasteiger partial charge in [0.25, 0.3) is 0 Å². The Labute approximate surface area is 74.4 Å². The fourth-order valence-electron chi connectivity index (χ4n) is 1.12. The Morgan fingerprint density at radius 2 is 2.00 bits per heavy atom. The van der Waals surface area contributed by atoms with Gasteiger partial charge in [-0.2, -0.15) is 0 Å². The first kappa shape index (κ1) is 10.1. The standard InChI is InChI=1S/C9H10F3N/c10-7-3-1-2-6(4-7)8(5-13)9(11)12/h1-4,8-9H,5,13H2. The normalized spacial score (nSPS) is 13.3. The molecule has 0 aliphatic carbocycles. The van der Waals surface area contributed by atoms with E-state index in [1.807, 2.05) is 0 Å². The fraction of sp³-hybridized carbons (Fsp3) is 0.333. The van der Waals surface area contributed by atoms with E-state index < -0.39 is 18.2 Å². The molecule has 0 aliphatic rings. The van der Waals surface area contributed by atoms with Gasteiger partial charge in [-0.25, -0.2) is 13.2 Å². The predicted molar refractivity (Wildman–Crippen MR) is 44.2 cm³/mol. The number of benzene rings is 1. The zero-order valence-corrected chi connectivity index (χ0v) is 6.88. The van der Waals surface area contributed by atoms with E-state index in [0.717, 1.165) is 6.07 Å². The summed E-state index contributed by atoms with van der Waals surface area (Å²) < 4.78 is 37.3. The molecule has 1 aromatic carbocycles. The van der Waals surface area contributed by atoms with Crippen LogP contribution in [-0.2, 0) is 0 Å². The summed E-state index contributed by atoms with van der Waals surface area (Å²) >= 11 is 0. The zero-order valence-electron chi connectivity index (χ0n) is 6.88. The van der Waals surface area contributed by atoms with E-state index in [0.29, 0.717) is 0 Å². The molecule has 0 amide bonds. The Hall–Kier alpha value is -1.03. The highest BCUT2D eigenvalue weighted by Gasteiger charge is 2.20. The van der Waals surface area contributed by atoms with E-state index >= 15 is 0 Å². The Balaban J connectivity index is 2.91. The van der Waals surface area contributed by atoms with Gasteiger partial charge in [0, 0.05) is 6.54 Å². The molecule has 0 aromatic heterocycles. The van der Waals surface area contributed by atoms with Crippen LogP contribution in [-0.4, -0.2) is 13.0 Å². The van der Waals surface area contributed by atoms with Crippen LogP contribution in [0.25, 0.3) is 0 Å². The molecule has 72 valence electrons. The zero-order chi connectivity index (χ0) is 9.84. The van der Waals surface area contributed by atoms with E-state index in [4.69, 9.17) is 5.73 Å². The second-order valence-electron chi connectivity index (χ2n) is 2.73. The molecule has 1 aromatic rings. The van der Waals surface area contributed by atoms with Crippen molar-refractivity contribution in [2.75, 3.05) is 6.54 Å². The lowest BCUT2D eigenvalue weighted by molar-refractivity contribution is 0.117. The van der Waals surface area contributed by atoms with Gasteiger partial charge in [-0.15, -0.1) is 0 Å². The molecular weight excluding hydrogens is 179 g/mol. The first-order valence-corrected chi connectivity index (χ1v) is 3.89. The lowest BCUT2D eigenvalue weighted by atomic mass is 10.00. The average Bonchev–Trinajstić information content (AvgIpc) is 2.04. The fourth-order valence-corrected chi connectivity index (χ4v) is 1.12. The summed E-state index contributed by atoms with van der Waals surface area (Å²) in [6.07, 6.45) is -2.55.